The SMILES string of the molecule is Cc1oc(-c2cccs2)nc1CC(=O)OCC(=O)Nc1ccc(C(C)C)cc1. The van der Waals surface area contributed by atoms with Gasteiger partial charge in [0.25, 0.3) is 5.91 Å². The zero-order valence-corrected chi connectivity index (χ0v) is 16.8. The molecule has 2 heterocycles. The molecular weight excluding hydrogens is 376 g/mol. The molecule has 0 aliphatic carbocycles. The Morgan fingerprint density at radius 3 is 2.61 bits per heavy atom. The number of nitrogens with zero attached hydrogens (tertiary/aromatic N) is 1. The fraction of sp³-hybridized carbons (Fsp3) is 0.286. The van der Waals surface area contributed by atoms with Crippen molar-refractivity contribution in [3.8, 4) is 10.8 Å². The molecule has 0 atom stereocenters. The van der Waals surface area contributed by atoms with Crippen LogP contribution in [0.25, 0.3) is 10.8 Å². The number of benzene rings is 1. The van der Waals surface area contributed by atoms with Crippen molar-refractivity contribution < 1.29 is 18.7 Å². The molecule has 0 aliphatic heterocycles. The number of oxazole rings is 1. The first kappa shape index (κ1) is 19.8. The summed E-state index contributed by atoms with van der Waals surface area (Å²) in [6.07, 6.45) is -0.0446. The van der Waals surface area contributed by atoms with Crippen LogP contribution in [0.2, 0.25) is 0 Å². The molecule has 1 amide bonds. The highest BCUT2D eigenvalue weighted by atomic mass is 32.1. The van der Waals surface area contributed by atoms with E-state index in [1.165, 1.54) is 16.9 Å². The van der Waals surface area contributed by atoms with E-state index in [1.54, 1.807) is 6.92 Å². The number of nitrogens with one attached hydrogen (secondary N) is 1. The Bertz CT molecular complexity index is 943. The van der Waals surface area contributed by atoms with E-state index in [-0.39, 0.29) is 18.9 Å². The van der Waals surface area contributed by atoms with Crippen LogP contribution in [0.3, 0.4) is 0 Å². The average molecular weight is 398 g/mol. The van der Waals surface area contributed by atoms with E-state index in [9.17, 15) is 9.59 Å². The van der Waals surface area contributed by atoms with Crippen LogP contribution in [-0.2, 0) is 20.7 Å². The molecule has 2 aromatic heterocycles. The summed E-state index contributed by atoms with van der Waals surface area (Å²) in [4.78, 5) is 29.3. The second-order valence-electron chi connectivity index (χ2n) is 6.66. The Balaban J connectivity index is 1.49. The first-order valence-corrected chi connectivity index (χ1v) is 9.86. The van der Waals surface area contributed by atoms with Gasteiger partial charge in [-0.2, -0.15) is 0 Å². The number of hydrogen-bond acceptors (Lipinski definition) is 6. The van der Waals surface area contributed by atoms with Crippen molar-refractivity contribution in [2.75, 3.05) is 11.9 Å². The Labute approximate surface area is 167 Å². The molecule has 0 radical (unpaired) electrons. The molecule has 1 aromatic carbocycles. The van der Waals surface area contributed by atoms with Crippen molar-refractivity contribution in [2.24, 2.45) is 0 Å². The van der Waals surface area contributed by atoms with E-state index in [0.29, 0.717) is 29.0 Å². The predicted molar refractivity (Wildman–Crippen MR) is 108 cm³/mol. The molecule has 0 bridgehead atoms. The fourth-order valence-electron chi connectivity index (χ4n) is 2.58. The highest BCUT2D eigenvalue weighted by molar-refractivity contribution is 7.13. The zero-order valence-electron chi connectivity index (χ0n) is 16.0. The van der Waals surface area contributed by atoms with Crippen molar-refractivity contribution in [1.29, 1.82) is 0 Å². The minimum Gasteiger partial charge on any atom is -0.455 e. The second kappa shape index (κ2) is 8.84. The lowest BCUT2D eigenvalue weighted by molar-refractivity contribution is -0.146. The summed E-state index contributed by atoms with van der Waals surface area (Å²) in [6, 6.07) is 11.4. The largest absolute Gasteiger partial charge is 0.455 e. The minimum absolute atomic E-state index is 0.0446. The van der Waals surface area contributed by atoms with E-state index in [1.807, 2.05) is 41.8 Å². The van der Waals surface area contributed by atoms with Gasteiger partial charge in [-0.05, 0) is 42.0 Å². The van der Waals surface area contributed by atoms with Crippen molar-refractivity contribution in [3.63, 3.8) is 0 Å². The number of esters is 1. The van der Waals surface area contributed by atoms with E-state index in [2.05, 4.69) is 24.1 Å². The van der Waals surface area contributed by atoms with Crippen LogP contribution in [0.5, 0.6) is 0 Å². The summed E-state index contributed by atoms with van der Waals surface area (Å²) in [7, 11) is 0. The van der Waals surface area contributed by atoms with Gasteiger partial charge in [0.2, 0.25) is 5.89 Å². The van der Waals surface area contributed by atoms with Crippen molar-refractivity contribution >= 4 is 28.9 Å². The first-order valence-electron chi connectivity index (χ1n) is 8.98. The first-order chi connectivity index (χ1) is 13.4. The number of thiophene rings is 1. The zero-order chi connectivity index (χ0) is 20.1. The van der Waals surface area contributed by atoms with E-state index in [4.69, 9.17) is 9.15 Å². The maximum atomic E-state index is 12.1. The van der Waals surface area contributed by atoms with Crippen molar-refractivity contribution in [3.05, 3.63) is 58.8 Å². The molecule has 1 N–H and O–H groups in total. The average Bonchev–Trinajstić information content (AvgIpc) is 3.31. The molecule has 0 saturated carbocycles. The van der Waals surface area contributed by atoms with Gasteiger partial charge in [0.15, 0.2) is 6.61 Å². The highest BCUT2D eigenvalue weighted by Crippen LogP contribution is 2.26. The number of amides is 1. The Morgan fingerprint density at radius 1 is 1.21 bits per heavy atom. The summed E-state index contributed by atoms with van der Waals surface area (Å²) in [6.45, 7) is 5.61. The normalized spacial score (nSPS) is 10.9. The molecule has 0 unspecified atom stereocenters. The number of anilines is 1. The van der Waals surface area contributed by atoms with Crippen LogP contribution in [0.4, 0.5) is 5.69 Å². The Kier molecular flexibility index (Phi) is 6.26. The molecule has 28 heavy (non-hydrogen) atoms. The van der Waals surface area contributed by atoms with Gasteiger partial charge in [0, 0.05) is 5.69 Å². The van der Waals surface area contributed by atoms with Gasteiger partial charge >= 0.3 is 5.97 Å². The third kappa shape index (κ3) is 5.07. The van der Waals surface area contributed by atoms with Crippen LogP contribution in [0.15, 0.2) is 46.2 Å². The number of hydrogen-bond donors (Lipinski definition) is 1. The molecule has 6 nitrogen and oxygen atoms in total. The molecule has 0 aliphatic rings. The van der Waals surface area contributed by atoms with Crippen LogP contribution in [-0.4, -0.2) is 23.5 Å². The number of aromatic nitrogens is 1. The Hall–Kier alpha value is -2.93. The van der Waals surface area contributed by atoms with Gasteiger partial charge in [-0.15, -0.1) is 11.3 Å². The number of rotatable bonds is 7. The third-order valence-electron chi connectivity index (χ3n) is 4.16. The van der Waals surface area contributed by atoms with Gasteiger partial charge in [-0.1, -0.05) is 32.0 Å². The van der Waals surface area contributed by atoms with Gasteiger partial charge in [0.05, 0.1) is 17.0 Å². The molecule has 0 saturated heterocycles. The second-order valence-corrected chi connectivity index (χ2v) is 7.61. The smallest absolute Gasteiger partial charge is 0.312 e. The lowest BCUT2D eigenvalue weighted by Crippen LogP contribution is -2.21. The minimum atomic E-state index is -0.528. The van der Waals surface area contributed by atoms with Crippen LogP contribution < -0.4 is 5.32 Å². The molecule has 7 heteroatoms. The van der Waals surface area contributed by atoms with E-state index in [0.717, 1.165) is 4.88 Å². The predicted octanol–water partition coefficient (Wildman–Crippen LogP) is 4.56. The Morgan fingerprint density at radius 2 is 1.96 bits per heavy atom. The maximum absolute atomic E-state index is 12.1. The van der Waals surface area contributed by atoms with Crippen molar-refractivity contribution in [1.82, 2.24) is 4.98 Å². The molecular formula is C21H22N2O4S. The molecule has 146 valence electrons. The summed E-state index contributed by atoms with van der Waals surface area (Å²) in [5.74, 6) is 0.556. The number of ether oxygens (including phenoxy) is 1. The third-order valence-corrected chi connectivity index (χ3v) is 5.02. The fourth-order valence-corrected chi connectivity index (χ4v) is 3.23. The molecule has 0 fully saturated rings. The standard InChI is InChI=1S/C21H22N2O4S/c1-13(2)15-6-8-16(9-7-15)22-19(24)12-26-20(25)11-17-14(3)27-21(23-17)18-5-4-10-28-18/h4-10,13H,11-12H2,1-3H3,(H,22,24). The monoisotopic (exact) mass is 398 g/mol. The topological polar surface area (TPSA) is 81.4 Å². The lowest BCUT2D eigenvalue weighted by atomic mass is 10.0. The summed E-state index contributed by atoms with van der Waals surface area (Å²) >= 11 is 1.51. The molecule has 0 spiro atoms. The summed E-state index contributed by atoms with van der Waals surface area (Å²) in [5.41, 5.74) is 2.37. The van der Waals surface area contributed by atoms with Crippen molar-refractivity contribution in [2.45, 2.75) is 33.1 Å². The molecule has 3 aromatic rings. The van der Waals surface area contributed by atoms with Gasteiger partial charge in [0.1, 0.15) is 5.76 Å². The quantitative estimate of drug-likeness (QED) is 0.590. The molecule has 3 rings (SSSR count). The van der Waals surface area contributed by atoms with Gasteiger partial charge < -0.3 is 14.5 Å². The lowest BCUT2D eigenvalue weighted by Gasteiger charge is -2.09. The van der Waals surface area contributed by atoms with Crippen LogP contribution >= 0.6 is 11.3 Å². The van der Waals surface area contributed by atoms with Crippen LogP contribution in [0, 0.1) is 6.92 Å². The summed E-state index contributed by atoms with van der Waals surface area (Å²) in [5, 5.41) is 4.64. The van der Waals surface area contributed by atoms with Gasteiger partial charge in [-0.3, -0.25) is 9.59 Å². The van der Waals surface area contributed by atoms with Gasteiger partial charge in [-0.25, -0.2) is 4.98 Å². The van der Waals surface area contributed by atoms with E-state index < -0.39 is 5.97 Å². The number of aryl methyl sites for hydroxylation is 1. The van der Waals surface area contributed by atoms with Crippen LogP contribution in [0.1, 0.15) is 36.8 Å². The maximum Gasteiger partial charge on any atom is 0.312 e. The van der Waals surface area contributed by atoms with E-state index >= 15 is 0 Å². The highest BCUT2D eigenvalue weighted by Gasteiger charge is 2.17. The number of carbonyl (C=O) groups is 2. The summed E-state index contributed by atoms with van der Waals surface area (Å²) < 4.78 is 10.7. The number of carbonyl (C=O) groups excluding carboxylic acids is 2.